The number of hydrogen-bond acceptors (Lipinski definition) is 14. The number of methoxy groups -OCH3 is 2. The molecule has 20 heteroatoms. The number of aromatic amines is 1. The fourth-order valence-electron chi connectivity index (χ4n) is 8.67. The molecule has 18 nitrogen and oxygen atoms in total. The normalized spacial score (nSPS) is 20.4. The lowest BCUT2D eigenvalue weighted by Gasteiger charge is -2.39. The molecule has 4 aromatic carbocycles. The van der Waals surface area contributed by atoms with Gasteiger partial charge in [-0.3, -0.25) is 23.7 Å². The molecule has 8 rings (SSSR count). The van der Waals surface area contributed by atoms with Crippen molar-refractivity contribution < 1.29 is 46.5 Å². The monoisotopic (exact) mass is 1030 g/mol. The maximum absolute atomic E-state index is 14.2. The van der Waals surface area contributed by atoms with Crippen molar-refractivity contribution in [1.29, 1.82) is 0 Å². The molecule has 0 radical (unpaired) electrons. The molecule has 1 amide bonds. The standard InChI is InChI=1S/C53H60N5O13PSi/c1-34-31-58(51(62)56-48(34)59)47-30-42(71-73(7,8)52(2,3)4)44(69-47)33-67-72(63)70-41-29-46(57-28-27-45(55-50(57)61)54-49(60)35-15-11-9-12-16-35)68-43(41)32-66-53(36-17-13-10-14-18-36,37-19-23-39(64-5)24-20-37)38-21-25-40(65-6)26-22-38/h9-28,31,41-44,46-47H,29-30,32-33H2,1-8H3,(H-,54,55,56,59,60,61,62)/p+1/t41-,42-,43+,44+,46+,47+/m0/s1. The number of nitrogens with zero attached hydrogens (tertiary/aromatic N) is 3. The molecular formula is C53H61N5O13PSi+. The summed E-state index contributed by atoms with van der Waals surface area (Å²) in [4.78, 5) is 58.5. The van der Waals surface area contributed by atoms with E-state index in [0.29, 0.717) is 22.6 Å². The molecular weight excluding hydrogens is 974 g/mol. The number of benzene rings is 4. The van der Waals surface area contributed by atoms with Gasteiger partial charge in [-0.1, -0.05) is 93.6 Å². The summed E-state index contributed by atoms with van der Waals surface area (Å²) >= 11 is 0. The van der Waals surface area contributed by atoms with Gasteiger partial charge in [-0.25, -0.2) is 9.59 Å². The summed E-state index contributed by atoms with van der Waals surface area (Å²) in [6.45, 7) is 11.7. The number of anilines is 1. The average Bonchev–Trinajstić information content (AvgIpc) is 3.97. The third-order valence-electron chi connectivity index (χ3n) is 13.7. The van der Waals surface area contributed by atoms with E-state index >= 15 is 0 Å². The Bertz CT molecular complexity index is 3010. The molecule has 73 heavy (non-hydrogen) atoms. The molecule has 0 aliphatic carbocycles. The van der Waals surface area contributed by atoms with Crippen molar-refractivity contribution in [3.63, 3.8) is 0 Å². The maximum Gasteiger partial charge on any atom is 0.697 e. The molecule has 0 bridgehead atoms. The Hall–Kier alpha value is -6.41. The lowest BCUT2D eigenvalue weighted by molar-refractivity contribution is -0.0925. The van der Waals surface area contributed by atoms with Crippen LogP contribution in [-0.4, -0.2) is 85.2 Å². The van der Waals surface area contributed by atoms with E-state index < -0.39 is 81.9 Å². The van der Waals surface area contributed by atoms with E-state index in [0.717, 1.165) is 16.7 Å². The molecule has 384 valence electrons. The molecule has 2 aliphatic rings. The number of rotatable bonds is 19. The minimum atomic E-state index is -2.91. The first kappa shape index (κ1) is 52.9. The second-order valence-electron chi connectivity index (χ2n) is 19.4. The van der Waals surface area contributed by atoms with E-state index in [1.165, 1.54) is 27.6 Å². The number of hydrogen-bond donors (Lipinski definition) is 2. The Kier molecular flexibility index (Phi) is 16.2. The van der Waals surface area contributed by atoms with Crippen molar-refractivity contribution in [1.82, 2.24) is 19.1 Å². The van der Waals surface area contributed by atoms with Crippen LogP contribution in [-0.2, 0) is 37.9 Å². The summed E-state index contributed by atoms with van der Waals surface area (Å²) < 4.78 is 67.2. The predicted octanol–water partition coefficient (Wildman–Crippen LogP) is 8.40. The number of carbonyl (C=O) groups excluding carboxylic acids is 1. The van der Waals surface area contributed by atoms with Crippen molar-refractivity contribution in [2.45, 2.75) is 101 Å². The Labute approximate surface area is 424 Å². The van der Waals surface area contributed by atoms with Crippen LogP contribution in [0, 0.1) is 6.92 Å². The van der Waals surface area contributed by atoms with E-state index in [2.05, 4.69) is 49.1 Å². The van der Waals surface area contributed by atoms with Crippen molar-refractivity contribution in [2.24, 2.45) is 0 Å². The quantitative estimate of drug-likeness (QED) is 0.0444. The maximum atomic E-state index is 14.2. The Balaban J connectivity index is 1.09. The van der Waals surface area contributed by atoms with Gasteiger partial charge in [-0.2, -0.15) is 4.98 Å². The van der Waals surface area contributed by atoms with Gasteiger partial charge in [0.05, 0.1) is 26.9 Å². The van der Waals surface area contributed by atoms with Gasteiger partial charge in [0, 0.05) is 40.9 Å². The third-order valence-corrected chi connectivity index (χ3v) is 19.0. The number of amides is 1. The first-order valence-electron chi connectivity index (χ1n) is 23.9. The minimum Gasteiger partial charge on any atom is -0.497 e. The fourth-order valence-corrected chi connectivity index (χ4v) is 10.8. The number of ether oxygens (including phenoxy) is 5. The lowest BCUT2D eigenvalue weighted by Crippen LogP contribution is -2.46. The molecule has 2 saturated heterocycles. The van der Waals surface area contributed by atoms with Gasteiger partial charge in [-0.15, -0.1) is 9.05 Å². The molecule has 4 heterocycles. The van der Waals surface area contributed by atoms with Crippen LogP contribution in [0.4, 0.5) is 5.82 Å². The minimum absolute atomic E-state index is 0.00671. The molecule has 1 unspecified atom stereocenters. The van der Waals surface area contributed by atoms with Gasteiger partial charge in [0.1, 0.15) is 60.3 Å². The molecule has 0 saturated carbocycles. The highest BCUT2D eigenvalue weighted by atomic mass is 31.1. The van der Waals surface area contributed by atoms with E-state index in [9.17, 15) is 23.7 Å². The zero-order valence-corrected chi connectivity index (χ0v) is 43.9. The van der Waals surface area contributed by atoms with Crippen LogP contribution >= 0.6 is 8.25 Å². The zero-order valence-electron chi connectivity index (χ0n) is 42.0. The number of aromatic nitrogens is 4. The van der Waals surface area contributed by atoms with Crippen molar-refractivity contribution in [2.75, 3.05) is 32.8 Å². The Morgan fingerprint density at radius 1 is 0.767 bits per heavy atom. The van der Waals surface area contributed by atoms with Gasteiger partial charge in [0.25, 0.3) is 11.5 Å². The summed E-state index contributed by atoms with van der Waals surface area (Å²) in [5.41, 5.74) is -0.122. The van der Waals surface area contributed by atoms with Gasteiger partial charge in [0.15, 0.2) is 8.32 Å². The van der Waals surface area contributed by atoms with E-state index in [4.69, 9.17) is 37.2 Å². The largest absolute Gasteiger partial charge is 0.697 e. The van der Waals surface area contributed by atoms with E-state index in [1.807, 2.05) is 78.9 Å². The summed E-state index contributed by atoms with van der Waals surface area (Å²) in [5, 5.41) is 2.49. The molecule has 6 aromatic rings. The fraction of sp³-hybridized carbons (Fsp3) is 0.377. The molecule has 2 fully saturated rings. The highest BCUT2D eigenvalue weighted by Crippen LogP contribution is 2.45. The lowest BCUT2D eigenvalue weighted by atomic mass is 9.80. The van der Waals surface area contributed by atoms with Gasteiger partial charge >= 0.3 is 19.6 Å². The van der Waals surface area contributed by atoms with Crippen LogP contribution < -0.4 is 31.7 Å². The van der Waals surface area contributed by atoms with Crippen LogP contribution in [0.15, 0.2) is 142 Å². The topological polar surface area (TPSA) is 210 Å². The third kappa shape index (κ3) is 11.9. The summed E-state index contributed by atoms with van der Waals surface area (Å²) in [6, 6.07) is 34.8. The van der Waals surface area contributed by atoms with Crippen LogP contribution in [0.25, 0.3) is 0 Å². The van der Waals surface area contributed by atoms with E-state index in [-0.39, 0.29) is 36.9 Å². The summed E-state index contributed by atoms with van der Waals surface area (Å²) in [6.07, 6.45) is -1.95. The van der Waals surface area contributed by atoms with Crippen molar-refractivity contribution in [3.8, 4) is 11.5 Å². The first-order chi connectivity index (χ1) is 34.9. The SMILES string of the molecule is COc1ccc(C(OC[C@H]2O[C@@H](n3ccc(NC(=O)c4ccccc4)nc3=O)C[C@@H]2O[P+](=O)OC[C@H]2O[C@@H](n3cc(C)c(=O)[nH]c3=O)C[C@@H]2O[Si](C)(C)C(C)(C)C)(c2ccccc2)c2ccc(OC)cc2)cc1. The Morgan fingerprint density at radius 2 is 1.32 bits per heavy atom. The van der Waals surface area contributed by atoms with Gasteiger partial charge in [0.2, 0.25) is 0 Å². The summed E-state index contributed by atoms with van der Waals surface area (Å²) in [5.74, 6) is 0.878. The zero-order chi connectivity index (χ0) is 52.1. The smallest absolute Gasteiger partial charge is 0.497 e. The highest BCUT2D eigenvalue weighted by Gasteiger charge is 2.49. The van der Waals surface area contributed by atoms with E-state index in [1.54, 1.807) is 51.5 Å². The van der Waals surface area contributed by atoms with Crippen LogP contribution in [0.2, 0.25) is 18.1 Å². The van der Waals surface area contributed by atoms with Crippen LogP contribution in [0.1, 0.15) is 78.7 Å². The van der Waals surface area contributed by atoms with Crippen LogP contribution in [0.5, 0.6) is 11.5 Å². The molecule has 2 aromatic heterocycles. The van der Waals surface area contributed by atoms with Crippen molar-refractivity contribution in [3.05, 3.63) is 187 Å². The van der Waals surface area contributed by atoms with Gasteiger partial charge in [-0.05, 0) is 84.2 Å². The Morgan fingerprint density at radius 3 is 1.89 bits per heavy atom. The highest BCUT2D eigenvalue weighted by molar-refractivity contribution is 7.33. The predicted molar refractivity (Wildman–Crippen MR) is 275 cm³/mol. The summed E-state index contributed by atoms with van der Waals surface area (Å²) in [7, 11) is -2.16. The molecule has 7 atom stereocenters. The number of nitrogens with one attached hydrogen (secondary N) is 2. The molecule has 2 N–H and O–H groups in total. The first-order valence-corrected chi connectivity index (χ1v) is 27.9. The van der Waals surface area contributed by atoms with Crippen molar-refractivity contribution >= 4 is 28.3 Å². The van der Waals surface area contributed by atoms with Crippen LogP contribution in [0.3, 0.4) is 0 Å². The second kappa shape index (κ2) is 22.4. The molecule has 2 aliphatic heterocycles. The number of aryl methyl sites for hydroxylation is 1. The average molecular weight is 1040 g/mol. The van der Waals surface area contributed by atoms with Gasteiger partial charge < -0.3 is 33.4 Å². The number of H-pyrrole nitrogens is 1. The number of carbonyl (C=O) groups is 1. The second-order valence-corrected chi connectivity index (χ2v) is 25.1. The molecule has 0 spiro atoms.